The van der Waals surface area contributed by atoms with E-state index in [1.807, 2.05) is 27.7 Å². The first kappa shape index (κ1) is 20.9. The molecule has 2 saturated heterocycles. The van der Waals surface area contributed by atoms with Gasteiger partial charge >= 0.3 is 6.09 Å². The van der Waals surface area contributed by atoms with E-state index in [0.717, 1.165) is 37.3 Å². The number of likely N-dealkylation sites (tertiary alicyclic amines) is 1. The number of carbonyl (C=O) groups is 1. The van der Waals surface area contributed by atoms with Crippen LogP contribution in [0.5, 0.6) is 0 Å². The molecule has 0 saturated carbocycles. The molecule has 0 radical (unpaired) electrons. The summed E-state index contributed by atoms with van der Waals surface area (Å²) in [6, 6.07) is 0.0533. The molecule has 0 aliphatic carbocycles. The van der Waals surface area contributed by atoms with Gasteiger partial charge in [0.15, 0.2) is 0 Å². The van der Waals surface area contributed by atoms with Crippen molar-refractivity contribution in [1.29, 1.82) is 0 Å². The van der Waals surface area contributed by atoms with Crippen LogP contribution in [0.4, 0.5) is 16.6 Å². The van der Waals surface area contributed by atoms with E-state index in [2.05, 4.69) is 15.2 Å². The molecule has 1 amide bonds. The monoisotopic (exact) mass is 411 g/mol. The Kier molecular flexibility index (Phi) is 6.50. The molecule has 1 atom stereocenters. The van der Waals surface area contributed by atoms with E-state index in [1.165, 1.54) is 0 Å². The zero-order valence-electron chi connectivity index (χ0n) is 17.1. The van der Waals surface area contributed by atoms with Crippen molar-refractivity contribution in [3.63, 3.8) is 0 Å². The lowest BCUT2D eigenvalue weighted by atomic mass is 10.1. The molecule has 9 heteroatoms. The van der Waals surface area contributed by atoms with Crippen molar-refractivity contribution in [3.8, 4) is 0 Å². The number of amides is 1. The Morgan fingerprint density at radius 3 is 2.64 bits per heavy atom. The number of anilines is 2. The summed E-state index contributed by atoms with van der Waals surface area (Å²) in [4.78, 5) is 25.4. The first-order valence-corrected chi connectivity index (χ1v) is 10.2. The predicted molar refractivity (Wildman–Crippen MR) is 109 cm³/mol. The highest BCUT2D eigenvalue weighted by molar-refractivity contribution is 6.30. The molecular formula is C19H30ClN5O3. The van der Waals surface area contributed by atoms with Gasteiger partial charge in [-0.05, 0) is 40.5 Å². The van der Waals surface area contributed by atoms with Crippen molar-refractivity contribution >= 4 is 29.5 Å². The Labute approximate surface area is 171 Å². The Balaban J connectivity index is 1.69. The molecule has 1 N–H and O–H groups in total. The average Bonchev–Trinajstić information content (AvgIpc) is 2.64. The number of hydrogen-bond acceptors (Lipinski definition) is 7. The second-order valence-corrected chi connectivity index (χ2v) is 8.65. The van der Waals surface area contributed by atoms with Crippen LogP contribution in [-0.2, 0) is 9.47 Å². The number of nitrogens with zero attached hydrogens (tertiary/aromatic N) is 4. The fraction of sp³-hybridized carbons (Fsp3) is 0.737. The number of carbonyl (C=O) groups excluding carboxylic acids is 1. The Bertz CT molecular complexity index is 704. The molecule has 2 aliphatic heterocycles. The highest BCUT2D eigenvalue weighted by atomic mass is 35.5. The van der Waals surface area contributed by atoms with Gasteiger partial charge in [0.05, 0.1) is 13.2 Å². The molecule has 28 heavy (non-hydrogen) atoms. The van der Waals surface area contributed by atoms with Gasteiger partial charge in [-0.15, -0.1) is 0 Å². The summed E-state index contributed by atoms with van der Waals surface area (Å²) in [5, 5.41) is 3.81. The molecule has 1 unspecified atom stereocenters. The van der Waals surface area contributed by atoms with E-state index >= 15 is 0 Å². The maximum Gasteiger partial charge on any atom is 0.410 e. The minimum absolute atomic E-state index is 0.0533. The molecule has 3 rings (SSSR count). The smallest absolute Gasteiger partial charge is 0.410 e. The maximum absolute atomic E-state index is 12.4. The molecular weight excluding hydrogens is 382 g/mol. The molecule has 0 aromatic carbocycles. The van der Waals surface area contributed by atoms with E-state index < -0.39 is 5.60 Å². The molecule has 8 nitrogen and oxygen atoms in total. The van der Waals surface area contributed by atoms with E-state index in [4.69, 9.17) is 26.1 Å². The SMILES string of the molecule is Cc1c(Cl)nc(NC2CCCN(C(=O)OC(C)(C)C)C2)nc1N1CCOCC1. The zero-order chi connectivity index (χ0) is 20.3. The topological polar surface area (TPSA) is 79.8 Å². The Morgan fingerprint density at radius 1 is 1.25 bits per heavy atom. The molecule has 1 aromatic rings. The number of hydrogen-bond donors (Lipinski definition) is 1. The van der Waals surface area contributed by atoms with Crippen LogP contribution in [0.2, 0.25) is 5.15 Å². The van der Waals surface area contributed by atoms with Crippen LogP contribution in [0.15, 0.2) is 0 Å². The lowest BCUT2D eigenvalue weighted by molar-refractivity contribution is 0.0206. The minimum Gasteiger partial charge on any atom is -0.444 e. The fourth-order valence-electron chi connectivity index (χ4n) is 3.40. The van der Waals surface area contributed by atoms with Crippen LogP contribution in [0.1, 0.15) is 39.2 Å². The van der Waals surface area contributed by atoms with E-state index in [9.17, 15) is 4.79 Å². The van der Waals surface area contributed by atoms with Crippen LogP contribution in [0, 0.1) is 6.92 Å². The summed E-state index contributed by atoms with van der Waals surface area (Å²) in [6.45, 7) is 11.7. The van der Waals surface area contributed by atoms with Gasteiger partial charge < -0.3 is 24.6 Å². The van der Waals surface area contributed by atoms with Crippen molar-refractivity contribution in [2.75, 3.05) is 49.6 Å². The third-order valence-electron chi connectivity index (χ3n) is 4.78. The number of halogens is 1. The lowest BCUT2D eigenvalue weighted by Gasteiger charge is -2.34. The highest BCUT2D eigenvalue weighted by Gasteiger charge is 2.28. The second-order valence-electron chi connectivity index (χ2n) is 8.30. The van der Waals surface area contributed by atoms with Crippen molar-refractivity contribution in [2.45, 2.75) is 52.2 Å². The number of morpholine rings is 1. The van der Waals surface area contributed by atoms with Crippen molar-refractivity contribution < 1.29 is 14.3 Å². The molecule has 2 aliphatic rings. The number of piperidine rings is 1. The first-order chi connectivity index (χ1) is 13.2. The van der Waals surface area contributed by atoms with Crippen LogP contribution >= 0.6 is 11.6 Å². The maximum atomic E-state index is 12.4. The van der Waals surface area contributed by atoms with Crippen molar-refractivity contribution in [2.24, 2.45) is 0 Å². The normalized spacial score (nSPS) is 20.8. The minimum atomic E-state index is -0.502. The molecule has 0 bridgehead atoms. The Hall–Kier alpha value is -1.80. The number of nitrogens with one attached hydrogen (secondary N) is 1. The molecule has 3 heterocycles. The van der Waals surface area contributed by atoms with Crippen molar-refractivity contribution in [1.82, 2.24) is 14.9 Å². The highest BCUT2D eigenvalue weighted by Crippen LogP contribution is 2.26. The van der Waals surface area contributed by atoms with Gasteiger partial charge in [0.2, 0.25) is 5.95 Å². The zero-order valence-corrected chi connectivity index (χ0v) is 17.9. The third kappa shape index (κ3) is 5.38. The van der Waals surface area contributed by atoms with E-state index in [0.29, 0.717) is 37.4 Å². The van der Waals surface area contributed by atoms with Gasteiger partial charge in [0.1, 0.15) is 16.6 Å². The number of aromatic nitrogens is 2. The van der Waals surface area contributed by atoms with Gasteiger partial charge in [-0.1, -0.05) is 11.6 Å². The van der Waals surface area contributed by atoms with Crippen molar-refractivity contribution in [3.05, 3.63) is 10.7 Å². The first-order valence-electron chi connectivity index (χ1n) is 9.84. The largest absolute Gasteiger partial charge is 0.444 e. The van der Waals surface area contributed by atoms with Gasteiger partial charge in [0, 0.05) is 37.8 Å². The third-order valence-corrected chi connectivity index (χ3v) is 5.15. The summed E-state index contributed by atoms with van der Waals surface area (Å²) in [7, 11) is 0. The summed E-state index contributed by atoms with van der Waals surface area (Å²) in [6.07, 6.45) is 1.55. The van der Waals surface area contributed by atoms with Crippen LogP contribution in [0.3, 0.4) is 0 Å². The molecule has 2 fully saturated rings. The summed E-state index contributed by atoms with van der Waals surface area (Å²) < 4.78 is 10.9. The summed E-state index contributed by atoms with van der Waals surface area (Å²) in [5.41, 5.74) is 0.367. The molecule has 0 spiro atoms. The predicted octanol–water partition coefficient (Wildman–Crippen LogP) is 3.09. The summed E-state index contributed by atoms with van der Waals surface area (Å²) in [5.74, 6) is 1.33. The van der Waals surface area contributed by atoms with Crippen LogP contribution in [-0.4, -0.2) is 72.0 Å². The van der Waals surface area contributed by atoms with Crippen LogP contribution in [0.25, 0.3) is 0 Å². The Morgan fingerprint density at radius 2 is 1.96 bits per heavy atom. The molecule has 156 valence electrons. The number of rotatable bonds is 3. The quantitative estimate of drug-likeness (QED) is 0.765. The standard InChI is InChI=1S/C19H30ClN5O3/c1-13-15(20)22-17(23-16(13)24-8-10-27-11-9-24)21-14-6-5-7-25(12-14)18(26)28-19(2,3)4/h14H,5-12H2,1-4H3,(H,21,22,23). The fourth-order valence-corrected chi connectivity index (χ4v) is 3.56. The average molecular weight is 412 g/mol. The van der Waals surface area contributed by atoms with Gasteiger partial charge in [-0.25, -0.2) is 9.78 Å². The number of ether oxygens (including phenoxy) is 2. The second kappa shape index (κ2) is 8.69. The van der Waals surface area contributed by atoms with E-state index in [-0.39, 0.29) is 12.1 Å². The van der Waals surface area contributed by atoms with E-state index in [1.54, 1.807) is 4.90 Å². The van der Waals surface area contributed by atoms with Crippen LogP contribution < -0.4 is 10.2 Å². The van der Waals surface area contributed by atoms with Gasteiger partial charge in [0.25, 0.3) is 0 Å². The van der Waals surface area contributed by atoms with Gasteiger partial charge in [-0.3, -0.25) is 0 Å². The molecule has 1 aromatic heterocycles. The summed E-state index contributed by atoms with van der Waals surface area (Å²) >= 11 is 6.37. The lowest BCUT2D eigenvalue weighted by Crippen LogP contribution is -2.47. The van der Waals surface area contributed by atoms with Gasteiger partial charge in [-0.2, -0.15) is 4.98 Å².